The first-order valence-electron chi connectivity index (χ1n) is 10.6. The van der Waals surface area contributed by atoms with Gasteiger partial charge >= 0.3 is 6.03 Å². The summed E-state index contributed by atoms with van der Waals surface area (Å²) in [5.41, 5.74) is 2.61. The Morgan fingerprint density at radius 2 is 1.97 bits per heavy atom. The van der Waals surface area contributed by atoms with Gasteiger partial charge in [-0.3, -0.25) is 4.68 Å². The minimum atomic E-state index is -0.227. The largest absolute Gasteiger partial charge is 0.371 e. The van der Waals surface area contributed by atoms with Crippen LogP contribution in [0.3, 0.4) is 0 Å². The van der Waals surface area contributed by atoms with Crippen LogP contribution in [0.25, 0.3) is 22.6 Å². The highest BCUT2D eigenvalue weighted by Gasteiger charge is 2.21. The van der Waals surface area contributed by atoms with Gasteiger partial charge < -0.3 is 16.0 Å². The van der Waals surface area contributed by atoms with Crippen LogP contribution in [0.15, 0.2) is 36.9 Å². The maximum absolute atomic E-state index is 12.8. The lowest BCUT2D eigenvalue weighted by atomic mass is 10.2. The van der Waals surface area contributed by atoms with Gasteiger partial charge in [-0.1, -0.05) is 25.0 Å². The molecule has 32 heavy (non-hydrogen) atoms. The maximum Gasteiger partial charge on any atom is 0.328 e. The van der Waals surface area contributed by atoms with E-state index in [1.54, 1.807) is 18.1 Å². The Labute approximate surface area is 184 Å². The topological polar surface area (TPSA) is 127 Å². The van der Waals surface area contributed by atoms with E-state index in [4.69, 9.17) is 0 Å². The number of carbonyl (C=O) groups excluding carboxylic acids is 1. The molecule has 5 rings (SSSR count). The van der Waals surface area contributed by atoms with E-state index in [-0.39, 0.29) is 12.1 Å². The molecule has 4 aromatic rings. The van der Waals surface area contributed by atoms with Crippen molar-refractivity contribution < 1.29 is 4.79 Å². The van der Waals surface area contributed by atoms with Crippen molar-refractivity contribution >= 4 is 34.6 Å². The molecular weight excluding hydrogens is 408 g/mol. The first kappa shape index (κ1) is 19.9. The Kier molecular flexibility index (Phi) is 5.13. The number of nitrogens with zero attached hydrogens (tertiary/aromatic N) is 7. The minimum absolute atomic E-state index is 0.200. The van der Waals surface area contributed by atoms with Crippen molar-refractivity contribution in [2.45, 2.75) is 31.7 Å². The van der Waals surface area contributed by atoms with Gasteiger partial charge in [0.15, 0.2) is 22.8 Å². The molecule has 3 N–H and O–H groups in total. The zero-order chi connectivity index (χ0) is 22.1. The summed E-state index contributed by atoms with van der Waals surface area (Å²) in [5.74, 6) is 1.51. The van der Waals surface area contributed by atoms with Crippen molar-refractivity contribution in [3.63, 3.8) is 0 Å². The Hall–Kier alpha value is -4.02. The van der Waals surface area contributed by atoms with Crippen molar-refractivity contribution in [3.8, 4) is 11.4 Å². The fourth-order valence-corrected chi connectivity index (χ4v) is 3.93. The molecule has 0 aliphatic heterocycles. The Morgan fingerprint density at radius 1 is 1.12 bits per heavy atom. The zero-order valence-corrected chi connectivity index (χ0v) is 17.9. The number of hydrogen-bond donors (Lipinski definition) is 3. The lowest BCUT2D eigenvalue weighted by molar-refractivity contribution is 0.239. The third-order valence-corrected chi connectivity index (χ3v) is 5.51. The number of carbonyl (C=O) groups is 1. The van der Waals surface area contributed by atoms with Crippen LogP contribution in [-0.4, -0.2) is 53.4 Å². The van der Waals surface area contributed by atoms with Crippen LogP contribution >= 0.6 is 0 Å². The molecule has 11 nitrogen and oxygen atoms in total. The van der Waals surface area contributed by atoms with Crippen LogP contribution in [0.1, 0.15) is 25.7 Å². The summed E-state index contributed by atoms with van der Waals surface area (Å²) in [6, 6.07) is 7.65. The highest BCUT2D eigenvalue weighted by atomic mass is 16.2. The van der Waals surface area contributed by atoms with Crippen molar-refractivity contribution in [2.24, 2.45) is 7.05 Å². The third-order valence-electron chi connectivity index (χ3n) is 5.51. The first-order chi connectivity index (χ1) is 15.6. The molecule has 0 spiro atoms. The molecule has 0 radical (unpaired) electrons. The number of aryl methyl sites for hydroxylation is 1. The van der Waals surface area contributed by atoms with Gasteiger partial charge in [-0.05, 0) is 25.0 Å². The van der Waals surface area contributed by atoms with E-state index in [1.165, 1.54) is 10.9 Å². The highest BCUT2D eigenvalue weighted by molar-refractivity contribution is 5.92. The van der Waals surface area contributed by atoms with Gasteiger partial charge in [-0.2, -0.15) is 15.1 Å². The molecule has 164 valence electrons. The van der Waals surface area contributed by atoms with Crippen molar-refractivity contribution in [3.05, 3.63) is 36.9 Å². The summed E-state index contributed by atoms with van der Waals surface area (Å²) in [6.07, 6.45) is 7.43. The summed E-state index contributed by atoms with van der Waals surface area (Å²) in [6.45, 7) is 0. The number of hydrogen-bond acceptors (Lipinski definition) is 8. The summed E-state index contributed by atoms with van der Waals surface area (Å²) in [5, 5.41) is 13.7. The molecule has 0 atom stereocenters. The second-order valence-corrected chi connectivity index (χ2v) is 7.81. The van der Waals surface area contributed by atoms with Crippen molar-refractivity contribution in [1.29, 1.82) is 0 Å². The minimum Gasteiger partial charge on any atom is -0.371 e. The van der Waals surface area contributed by atoms with E-state index in [9.17, 15) is 4.79 Å². The van der Waals surface area contributed by atoms with E-state index >= 15 is 0 Å². The molecule has 1 amide bonds. The molecule has 1 fully saturated rings. The van der Waals surface area contributed by atoms with E-state index < -0.39 is 0 Å². The second kappa shape index (κ2) is 8.25. The van der Waals surface area contributed by atoms with Crippen LogP contribution < -0.4 is 16.0 Å². The van der Waals surface area contributed by atoms with Gasteiger partial charge in [-0.15, -0.1) is 0 Å². The number of anilines is 3. The molecule has 0 unspecified atom stereocenters. The summed E-state index contributed by atoms with van der Waals surface area (Å²) in [4.78, 5) is 30.6. The molecule has 3 heterocycles. The Bertz CT molecular complexity index is 1270. The van der Waals surface area contributed by atoms with Crippen LogP contribution in [0.4, 0.5) is 22.2 Å². The number of aromatic nitrogens is 7. The van der Waals surface area contributed by atoms with Gasteiger partial charge in [0.05, 0.1) is 0 Å². The smallest absolute Gasteiger partial charge is 0.328 e. The molecule has 1 aromatic carbocycles. The maximum atomic E-state index is 12.8. The van der Waals surface area contributed by atoms with Gasteiger partial charge in [0.1, 0.15) is 12.7 Å². The summed E-state index contributed by atoms with van der Waals surface area (Å²) in [7, 11) is 3.59. The Balaban J connectivity index is 1.46. The molecule has 1 aliphatic carbocycles. The van der Waals surface area contributed by atoms with E-state index in [1.807, 2.05) is 31.3 Å². The lowest BCUT2D eigenvalue weighted by Gasteiger charge is -2.13. The fraction of sp³-hybridized carbons (Fsp3) is 0.333. The highest BCUT2D eigenvalue weighted by Crippen LogP contribution is 2.25. The van der Waals surface area contributed by atoms with Crippen molar-refractivity contribution in [1.82, 2.24) is 39.6 Å². The van der Waals surface area contributed by atoms with E-state index in [2.05, 4.69) is 41.0 Å². The molecule has 0 saturated heterocycles. The van der Waals surface area contributed by atoms with Crippen LogP contribution in [0.5, 0.6) is 0 Å². The number of amides is 1. The molecule has 3 aromatic heterocycles. The number of benzene rings is 1. The summed E-state index contributed by atoms with van der Waals surface area (Å²) < 4.78 is 3.10. The van der Waals surface area contributed by atoms with Crippen LogP contribution in [0, 0.1) is 0 Å². The van der Waals surface area contributed by atoms with Gasteiger partial charge in [0.2, 0.25) is 5.95 Å². The number of fused-ring (bicyclic) bond motifs is 1. The standard InChI is InChI=1S/C21H24N10O/c1-22-18-16-19(31(12-23-16)21(32)26-14-7-3-4-8-14)28-20(27-18)25-15-9-5-6-13(10-15)17-24-11-30(2)29-17/h5-6,9-12,14H,3-4,7-8H2,1-2H3,(H,26,32)(H2,22,25,27,28). The second-order valence-electron chi connectivity index (χ2n) is 7.81. The van der Waals surface area contributed by atoms with Crippen LogP contribution in [0.2, 0.25) is 0 Å². The van der Waals surface area contributed by atoms with E-state index in [0.29, 0.717) is 28.8 Å². The molecular formula is C21H24N10O. The van der Waals surface area contributed by atoms with Crippen molar-refractivity contribution in [2.75, 3.05) is 17.7 Å². The molecule has 1 saturated carbocycles. The Morgan fingerprint density at radius 3 is 2.72 bits per heavy atom. The molecule has 11 heteroatoms. The van der Waals surface area contributed by atoms with Gasteiger partial charge in [-0.25, -0.2) is 19.3 Å². The average Bonchev–Trinajstić information content (AvgIpc) is 3.54. The zero-order valence-electron chi connectivity index (χ0n) is 17.9. The quantitative estimate of drug-likeness (QED) is 0.439. The number of nitrogens with one attached hydrogen (secondary N) is 3. The monoisotopic (exact) mass is 432 g/mol. The van der Waals surface area contributed by atoms with E-state index in [0.717, 1.165) is 36.9 Å². The molecule has 0 bridgehead atoms. The van der Waals surface area contributed by atoms with Crippen LogP contribution in [-0.2, 0) is 7.05 Å². The molecule has 1 aliphatic rings. The third kappa shape index (κ3) is 3.84. The SMILES string of the molecule is CNc1nc(Nc2cccc(-c3ncn(C)n3)c2)nc2c1ncn2C(=O)NC1CCCC1. The predicted molar refractivity (Wildman–Crippen MR) is 121 cm³/mol. The normalized spacial score (nSPS) is 14.1. The fourth-order valence-electron chi connectivity index (χ4n) is 3.93. The number of imidazole rings is 1. The van der Waals surface area contributed by atoms with Gasteiger partial charge in [0.25, 0.3) is 0 Å². The first-order valence-corrected chi connectivity index (χ1v) is 10.6. The van der Waals surface area contributed by atoms with Gasteiger partial charge in [0, 0.05) is 31.4 Å². The average molecular weight is 432 g/mol. The number of rotatable bonds is 5. The summed E-state index contributed by atoms with van der Waals surface area (Å²) >= 11 is 0. The lowest BCUT2D eigenvalue weighted by Crippen LogP contribution is -2.35. The predicted octanol–water partition coefficient (Wildman–Crippen LogP) is 2.91.